The quantitative estimate of drug-likeness (QED) is 0.805. The molecule has 0 radical (unpaired) electrons. The summed E-state index contributed by atoms with van der Waals surface area (Å²) in [7, 11) is 0. The standard InChI is InChI=1S/C13H18N2O2/c1-9-11(6-7-13(17)14-9)12-5-3-4-8-15(12)10(2)16/h6-7,12H,3-5,8H2,1-2H3,(H,14,17). The summed E-state index contributed by atoms with van der Waals surface area (Å²) < 4.78 is 0. The van der Waals surface area contributed by atoms with Gasteiger partial charge in [-0.05, 0) is 37.8 Å². The van der Waals surface area contributed by atoms with Crippen LogP contribution in [0.3, 0.4) is 0 Å². The van der Waals surface area contributed by atoms with Crippen molar-refractivity contribution in [3.05, 3.63) is 33.7 Å². The van der Waals surface area contributed by atoms with Crippen molar-refractivity contribution in [2.75, 3.05) is 6.54 Å². The first kappa shape index (κ1) is 11.9. The predicted octanol–water partition coefficient (Wildman–Crippen LogP) is 1.76. The Morgan fingerprint density at radius 1 is 1.41 bits per heavy atom. The third kappa shape index (κ3) is 2.40. The third-order valence-electron chi connectivity index (χ3n) is 3.42. The lowest BCUT2D eigenvalue weighted by Gasteiger charge is -2.35. The van der Waals surface area contributed by atoms with Gasteiger partial charge in [0.1, 0.15) is 0 Å². The monoisotopic (exact) mass is 234 g/mol. The Hall–Kier alpha value is -1.58. The second-order valence-electron chi connectivity index (χ2n) is 4.63. The Morgan fingerprint density at radius 3 is 2.82 bits per heavy atom. The van der Waals surface area contributed by atoms with Gasteiger partial charge in [-0.2, -0.15) is 0 Å². The van der Waals surface area contributed by atoms with E-state index in [2.05, 4.69) is 4.98 Å². The molecule has 1 atom stereocenters. The molecule has 4 nitrogen and oxygen atoms in total. The average Bonchev–Trinajstić information content (AvgIpc) is 2.29. The number of rotatable bonds is 1. The fourth-order valence-electron chi connectivity index (χ4n) is 2.58. The van der Waals surface area contributed by atoms with Crippen LogP contribution in [-0.4, -0.2) is 22.3 Å². The van der Waals surface area contributed by atoms with Crippen molar-refractivity contribution < 1.29 is 4.79 Å². The highest BCUT2D eigenvalue weighted by Gasteiger charge is 2.26. The van der Waals surface area contributed by atoms with Gasteiger partial charge in [-0.15, -0.1) is 0 Å². The van der Waals surface area contributed by atoms with Gasteiger partial charge < -0.3 is 9.88 Å². The van der Waals surface area contributed by atoms with Crippen molar-refractivity contribution in [1.82, 2.24) is 9.88 Å². The minimum atomic E-state index is -0.0866. The van der Waals surface area contributed by atoms with Gasteiger partial charge in [0.05, 0.1) is 6.04 Å². The molecule has 17 heavy (non-hydrogen) atoms. The molecule has 1 amide bonds. The van der Waals surface area contributed by atoms with Crippen LogP contribution >= 0.6 is 0 Å². The molecule has 1 aliphatic rings. The minimum absolute atomic E-state index is 0.0866. The van der Waals surface area contributed by atoms with Gasteiger partial charge in [-0.3, -0.25) is 9.59 Å². The number of carbonyl (C=O) groups is 1. The largest absolute Gasteiger partial charge is 0.336 e. The molecule has 0 saturated carbocycles. The van der Waals surface area contributed by atoms with E-state index in [9.17, 15) is 9.59 Å². The molecule has 1 aliphatic heterocycles. The second kappa shape index (κ2) is 4.73. The van der Waals surface area contributed by atoms with E-state index in [1.54, 1.807) is 6.92 Å². The number of hydrogen-bond donors (Lipinski definition) is 1. The molecule has 1 unspecified atom stereocenters. The van der Waals surface area contributed by atoms with Crippen molar-refractivity contribution >= 4 is 5.91 Å². The number of H-pyrrole nitrogens is 1. The zero-order valence-electron chi connectivity index (χ0n) is 10.3. The normalized spacial score (nSPS) is 20.4. The maximum Gasteiger partial charge on any atom is 0.248 e. The smallest absolute Gasteiger partial charge is 0.248 e. The average molecular weight is 234 g/mol. The van der Waals surface area contributed by atoms with E-state index in [1.165, 1.54) is 6.07 Å². The number of nitrogens with one attached hydrogen (secondary N) is 1. The summed E-state index contributed by atoms with van der Waals surface area (Å²) in [5, 5.41) is 0. The molecule has 2 heterocycles. The summed E-state index contributed by atoms with van der Waals surface area (Å²) in [6, 6.07) is 3.51. The van der Waals surface area contributed by atoms with Crippen LogP contribution in [-0.2, 0) is 4.79 Å². The van der Waals surface area contributed by atoms with E-state index in [1.807, 2.05) is 17.9 Å². The molecule has 2 rings (SSSR count). The van der Waals surface area contributed by atoms with Crippen molar-refractivity contribution in [1.29, 1.82) is 0 Å². The van der Waals surface area contributed by atoms with Crippen molar-refractivity contribution in [2.24, 2.45) is 0 Å². The summed E-state index contributed by atoms with van der Waals surface area (Å²) in [6.07, 6.45) is 3.18. The highest BCUT2D eigenvalue weighted by atomic mass is 16.2. The van der Waals surface area contributed by atoms with E-state index in [0.717, 1.165) is 37.1 Å². The van der Waals surface area contributed by atoms with Crippen LogP contribution in [0.1, 0.15) is 43.5 Å². The van der Waals surface area contributed by atoms with Crippen LogP contribution < -0.4 is 5.56 Å². The van der Waals surface area contributed by atoms with Gasteiger partial charge in [0, 0.05) is 25.2 Å². The number of likely N-dealkylation sites (tertiary alicyclic amines) is 1. The van der Waals surface area contributed by atoms with Crippen LogP contribution in [0.25, 0.3) is 0 Å². The van der Waals surface area contributed by atoms with Gasteiger partial charge in [-0.1, -0.05) is 0 Å². The zero-order chi connectivity index (χ0) is 12.4. The van der Waals surface area contributed by atoms with Gasteiger partial charge in [0.15, 0.2) is 0 Å². The Kier molecular flexibility index (Phi) is 3.31. The molecule has 92 valence electrons. The minimum Gasteiger partial charge on any atom is -0.336 e. The Morgan fingerprint density at radius 2 is 2.18 bits per heavy atom. The zero-order valence-corrected chi connectivity index (χ0v) is 10.3. The fraction of sp³-hybridized carbons (Fsp3) is 0.538. The lowest BCUT2D eigenvalue weighted by molar-refractivity contribution is -0.132. The van der Waals surface area contributed by atoms with Crippen molar-refractivity contribution in [3.63, 3.8) is 0 Å². The highest BCUT2D eigenvalue weighted by Crippen LogP contribution is 2.31. The number of nitrogens with zero attached hydrogens (tertiary/aromatic N) is 1. The van der Waals surface area contributed by atoms with Gasteiger partial charge in [0.2, 0.25) is 11.5 Å². The number of aromatic nitrogens is 1. The predicted molar refractivity (Wildman–Crippen MR) is 65.8 cm³/mol. The van der Waals surface area contributed by atoms with E-state index < -0.39 is 0 Å². The molecule has 1 fully saturated rings. The number of hydrogen-bond acceptors (Lipinski definition) is 2. The topological polar surface area (TPSA) is 53.2 Å². The van der Waals surface area contributed by atoms with Gasteiger partial charge in [-0.25, -0.2) is 0 Å². The van der Waals surface area contributed by atoms with Gasteiger partial charge in [0.25, 0.3) is 0 Å². The van der Waals surface area contributed by atoms with E-state index in [-0.39, 0.29) is 17.5 Å². The number of carbonyl (C=O) groups excluding carboxylic acids is 1. The number of aromatic amines is 1. The van der Waals surface area contributed by atoms with Crippen LogP contribution in [0.4, 0.5) is 0 Å². The molecule has 1 N–H and O–H groups in total. The molecular weight excluding hydrogens is 216 g/mol. The van der Waals surface area contributed by atoms with E-state index in [4.69, 9.17) is 0 Å². The number of pyridine rings is 1. The lowest BCUT2D eigenvalue weighted by atomic mass is 9.94. The van der Waals surface area contributed by atoms with Crippen LogP contribution in [0.2, 0.25) is 0 Å². The summed E-state index contributed by atoms with van der Waals surface area (Å²) in [4.78, 5) is 27.5. The maximum atomic E-state index is 11.6. The molecule has 1 aromatic heterocycles. The molecule has 0 aromatic carbocycles. The molecule has 0 bridgehead atoms. The van der Waals surface area contributed by atoms with Crippen molar-refractivity contribution in [2.45, 2.75) is 39.2 Å². The molecule has 0 aliphatic carbocycles. The molecule has 0 spiro atoms. The summed E-state index contributed by atoms with van der Waals surface area (Å²) >= 11 is 0. The maximum absolute atomic E-state index is 11.6. The van der Waals surface area contributed by atoms with E-state index in [0.29, 0.717) is 0 Å². The van der Waals surface area contributed by atoms with Crippen LogP contribution in [0.5, 0.6) is 0 Å². The summed E-state index contributed by atoms with van der Waals surface area (Å²) in [6.45, 7) is 4.32. The summed E-state index contributed by atoms with van der Waals surface area (Å²) in [5.74, 6) is 0.111. The molecule has 1 aromatic rings. The highest BCUT2D eigenvalue weighted by molar-refractivity contribution is 5.74. The number of aryl methyl sites for hydroxylation is 1. The van der Waals surface area contributed by atoms with Gasteiger partial charge >= 0.3 is 0 Å². The van der Waals surface area contributed by atoms with Crippen LogP contribution in [0.15, 0.2) is 16.9 Å². The first-order valence-corrected chi connectivity index (χ1v) is 6.06. The first-order chi connectivity index (χ1) is 8.09. The molecular formula is C13H18N2O2. The molecule has 1 saturated heterocycles. The Bertz CT molecular complexity index is 479. The second-order valence-corrected chi connectivity index (χ2v) is 4.63. The number of piperidine rings is 1. The van der Waals surface area contributed by atoms with Crippen molar-refractivity contribution in [3.8, 4) is 0 Å². The Balaban J connectivity index is 2.36. The fourth-order valence-corrected chi connectivity index (χ4v) is 2.58. The van der Waals surface area contributed by atoms with E-state index >= 15 is 0 Å². The third-order valence-corrected chi connectivity index (χ3v) is 3.42. The first-order valence-electron chi connectivity index (χ1n) is 6.06. The van der Waals surface area contributed by atoms with Crippen LogP contribution in [0, 0.1) is 6.92 Å². The SMILES string of the molecule is CC(=O)N1CCCCC1c1ccc(=O)[nH]c1C. The number of amides is 1. The Labute approximate surface area is 101 Å². The lowest BCUT2D eigenvalue weighted by Crippen LogP contribution is -2.37. The molecule has 4 heteroatoms. The summed E-state index contributed by atoms with van der Waals surface area (Å²) in [5.41, 5.74) is 1.85.